The van der Waals surface area contributed by atoms with Gasteiger partial charge < -0.3 is 14.0 Å². The van der Waals surface area contributed by atoms with Crippen LogP contribution in [0.1, 0.15) is 17.1 Å². The highest BCUT2D eigenvalue weighted by Gasteiger charge is 2.42. The molecule has 0 amide bonds. The van der Waals surface area contributed by atoms with Crippen molar-refractivity contribution in [2.24, 2.45) is 7.05 Å². The fraction of sp³-hybridized carbons (Fsp3) is 0.333. The largest absolute Gasteiger partial charge is 0.479 e. The Morgan fingerprint density at radius 2 is 2.06 bits per heavy atom. The summed E-state index contributed by atoms with van der Waals surface area (Å²) in [6.45, 7) is 1.03. The number of H-pyrrole nitrogens is 1. The van der Waals surface area contributed by atoms with Crippen molar-refractivity contribution in [1.82, 2.24) is 29.9 Å². The van der Waals surface area contributed by atoms with Gasteiger partial charge in [0.15, 0.2) is 0 Å². The minimum atomic E-state index is -4.61. The van der Waals surface area contributed by atoms with Gasteiger partial charge in [0.1, 0.15) is 29.1 Å². The van der Waals surface area contributed by atoms with E-state index >= 15 is 0 Å². The van der Waals surface area contributed by atoms with Crippen molar-refractivity contribution in [2.75, 3.05) is 20.3 Å². The number of aromatic amines is 1. The van der Waals surface area contributed by atoms with E-state index in [2.05, 4.69) is 25.4 Å². The lowest BCUT2D eigenvalue weighted by atomic mass is 9.75. The van der Waals surface area contributed by atoms with Gasteiger partial charge in [-0.25, -0.2) is 4.98 Å². The molecule has 0 saturated carbocycles. The number of hydrogen-bond acceptors (Lipinski definition) is 6. The number of pyridine rings is 1. The molecule has 0 aliphatic carbocycles. The second kappa shape index (κ2) is 7.30. The first-order chi connectivity index (χ1) is 15.3. The average Bonchev–Trinajstić information content (AvgIpc) is 3.35. The highest BCUT2D eigenvalue weighted by Crippen LogP contribution is 2.40. The van der Waals surface area contributed by atoms with E-state index in [0.717, 1.165) is 17.5 Å². The summed E-state index contributed by atoms with van der Waals surface area (Å²) in [6.07, 6.45) is -2.33. The summed E-state index contributed by atoms with van der Waals surface area (Å²) < 4.78 is 52.6. The van der Waals surface area contributed by atoms with Gasteiger partial charge in [-0.05, 0) is 17.7 Å². The zero-order valence-electron chi connectivity index (χ0n) is 17.3. The number of aromatic nitrogens is 6. The molecular formula is C21H19F3N6O2. The first-order valence-electron chi connectivity index (χ1n) is 9.82. The summed E-state index contributed by atoms with van der Waals surface area (Å²) >= 11 is 0. The Morgan fingerprint density at radius 3 is 2.69 bits per heavy atom. The van der Waals surface area contributed by atoms with E-state index in [1.807, 2.05) is 35.9 Å². The van der Waals surface area contributed by atoms with Crippen molar-refractivity contribution < 1.29 is 22.6 Å². The lowest BCUT2D eigenvalue weighted by molar-refractivity contribution is -0.141. The molecule has 3 aromatic heterocycles. The number of fused-ring (bicyclic) bond motifs is 1. The molecule has 0 unspecified atom stereocenters. The van der Waals surface area contributed by atoms with Gasteiger partial charge in [0.25, 0.3) is 0 Å². The maximum Gasteiger partial charge on any atom is 0.433 e. The molecule has 4 heterocycles. The van der Waals surface area contributed by atoms with Crippen LogP contribution >= 0.6 is 0 Å². The number of ether oxygens (including phenoxy) is 2. The lowest BCUT2D eigenvalue weighted by Gasteiger charge is -2.41. The summed E-state index contributed by atoms with van der Waals surface area (Å²) in [5, 5.41) is 15.5. The number of aryl methyl sites for hydroxylation is 1. The van der Waals surface area contributed by atoms with Crippen LogP contribution in [0.3, 0.4) is 0 Å². The van der Waals surface area contributed by atoms with Crippen molar-refractivity contribution in [3.63, 3.8) is 0 Å². The monoisotopic (exact) mass is 444 g/mol. The maximum absolute atomic E-state index is 13.4. The lowest BCUT2D eigenvalue weighted by Crippen LogP contribution is -2.49. The number of hydrogen-bond donors (Lipinski definition) is 1. The number of nitrogens with one attached hydrogen (secondary N) is 1. The summed E-state index contributed by atoms with van der Waals surface area (Å²) in [6, 6.07) is 8.60. The highest BCUT2D eigenvalue weighted by molar-refractivity contribution is 5.95. The maximum atomic E-state index is 13.4. The second-order valence-corrected chi connectivity index (χ2v) is 7.90. The molecule has 1 saturated heterocycles. The van der Waals surface area contributed by atoms with Crippen LogP contribution in [0.5, 0.6) is 5.88 Å². The summed E-state index contributed by atoms with van der Waals surface area (Å²) in [5.41, 5.74) is 1.05. The number of methoxy groups -OCH3 is 1. The predicted molar refractivity (Wildman–Crippen MR) is 108 cm³/mol. The Morgan fingerprint density at radius 1 is 1.25 bits per heavy atom. The van der Waals surface area contributed by atoms with E-state index in [1.165, 1.54) is 7.11 Å². The van der Waals surface area contributed by atoms with Crippen LogP contribution in [0.4, 0.5) is 13.2 Å². The van der Waals surface area contributed by atoms with E-state index in [4.69, 9.17) is 9.47 Å². The Labute approximate surface area is 180 Å². The van der Waals surface area contributed by atoms with Crippen molar-refractivity contribution in [2.45, 2.75) is 18.0 Å². The molecule has 1 aromatic carbocycles. The summed E-state index contributed by atoms with van der Waals surface area (Å²) in [4.78, 5) is 3.58. The Balaban J connectivity index is 1.60. The molecule has 0 spiro atoms. The van der Waals surface area contributed by atoms with Crippen LogP contribution in [-0.2, 0) is 29.8 Å². The molecule has 11 heteroatoms. The number of halogens is 3. The first kappa shape index (κ1) is 20.4. The van der Waals surface area contributed by atoms with Crippen LogP contribution in [-0.4, -0.2) is 50.3 Å². The van der Waals surface area contributed by atoms with Crippen LogP contribution in [0.25, 0.3) is 22.2 Å². The van der Waals surface area contributed by atoms with E-state index in [9.17, 15) is 13.2 Å². The number of benzene rings is 1. The molecule has 8 nitrogen and oxygen atoms in total. The van der Waals surface area contributed by atoms with Crippen LogP contribution in [0, 0.1) is 0 Å². The first-order valence-corrected chi connectivity index (χ1v) is 9.82. The summed E-state index contributed by atoms with van der Waals surface area (Å²) in [7, 11) is 3.16. The molecule has 1 fully saturated rings. The predicted octanol–water partition coefficient (Wildman–Crippen LogP) is 3.29. The molecule has 5 rings (SSSR count). The van der Waals surface area contributed by atoms with Gasteiger partial charge in [-0.2, -0.15) is 18.3 Å². The standard InChI is InChI=1S/C21H19F3N6O2/c1-30-11-25-27-16(30)8-20(9-32-10-20)13-5-3-4-12(6-13)17-14-7-15(21(22,23)24)26-19(31-2)18(14)29-28-17/h3-7,11H,8-10H2,1-2H3,(H,28,29). The van der Waals surface area contributed by atoms with Gasteiger partial charge >= 0.3 is 6.18 Å². The fourth-order valence-electron chi connectivity index (χ4n) is 3.99. The van der Waals surface area contributed by atoms with E-state index in [1.54, 1.807) is 6.33 Å². The zero-order chi connectivity index (χ0) is 22.5. The highest BCUT2D eigenvalue weighted by atomic mass is 19.4. The number of alkyl halides is 3. The van der Waals surface area contributed by atoms with Crippen molar-refractivity contribution in [3.8, 4) is 17.1 Å². The minimum Gasteiger partial charge on any atom is -0.479 e. The van der Waals surface area contributed by atoms with Gasteiger partial charge in [-0.1, -0.05) is 18.2 Å². The SMILES string of the molecule is COc1nc(C(F)(F)F)cc2c(-c3cccc(C4(Cc5nncn5C)COC4)c3)n[nH]c12. The van der Waals surface area contributed by atoms with Gasteiger partial charge in [0.2, 0.25) is 5.88 Å². The number of rotatable bonds is 5. The van der Waals surface area contributed by atoms with Crippen molar-refractivity contribution in [3.05, 3.63) is 53.7 Å². The molecule has 1 N–H and O–H groups in total. The smallest absolute Gasteiger partial charge is 0.433 e. The van der Waals surface area contributed by atoms with Gasteiger partial charge in [0.05, 0.1) is 20.3 Å². The topological polar surface area (TPSA) is 90.7 Å². The minimum absolute atomic E-state index is 0.157. The molecule has 4 aromatic rings. The Hall–Kier alpha value is -3.47. The third-order valence-corrected chi connectivity index (χ3v) is 5.81. The van der Waals surface area contributed by atoms with Crippen LogP contribution < -0.4 is 4.74 Å². The van der Waals surface area contributed by atoms with Gasteiger partial charge in [0, 0.05) is 29.8 Å². The quantitative estimate of drug-likeness (QED) is 0.508. The Bertz CT molecular complexity index is 1290. The molecule has 1 aliphatic heterocycles. The van der Waals surface area contributed by atoms with E-state index in [-0.39, 0.29) is 16.7 Å². The fourth-order valence-corrected chi connectivity index (χ4v) is 3.99. The summed E-state index contributed by atoms with van der Waals surface area (Å²) in [5.74, 6) is 0.672. The normalized spacial score (nSPS) is 15.7. The third-order valence-electron chi connectivity index (χ3n) is 5.81. The molecular weight excluding hydrogens is 425 g/mol. The van der Waals surface area contributed by atoms with Gasteiger partial charge in [-0.15, -0.1) is 10.2 Å². The second-order valence-electron chi connectivity index (χ2n) is 7.90. The molecule has 0 atom stereocenters. The third kappa shape index (κ3) is 3.29. The van der Waals surface area contributed by atoms with E-state index in [0.29, 0.717) is 36.4 Å². The van der Waals surface area contributed by atoms with Crippen LogP contribution in [0.15, 0.2) is 36.7 Å². The van der Waals surface area contributed by atoms with Crippen LogP contribution in [0.2, 0.25) is 0 Å². The Kier molecular flexibility index (Phi) is 4.66. The molecule has 0 radical (unpaired) electrons. The molecule has 0 bridgehead atoms. The number of nitrogens with zero attached hydrogens (tertiary/aromatic N) is 5. The zero-order valence-corrected chi connectivity index (χ0v) is 17.3. The van der Waals surface area contributed by atoms with Gasteiger partial charge in [-0.3, -0.25) is 5.10 Å². The van der Waals surface area contributed by atoms with Crippen molar-refractivity contribution >= 4 is 10.9 Å². The average molecular weight is 444 g/mol. The molecule has 1 aliphatic rings. The van der Waals surface area contributed by atoms with E-state index < -0.39 is 11.9 Å². The molecule has 166 valence electrons. The van der Waals surface area contributed by atoms with Crippen molar-refractivity contribution in [1.29, 1.82) is 0 Å². The molecule has 32 heavy (non-hydrogen) atoms.